The molecule has 0 N–H and O–H groups in total. The monoisotopic (exact) mass is 367 g/mol. The summed E-state index contributed by atoms with van der Waals surface area (Å²) in [5.74, 6) is 0. The van der Waals surface area contributed by atoms with Gasteiger partial charge >= 0.3 is 6.03 Å². The molecule has 0 aromatic heterocycles. The second kappa shape index (κ2) is 7.72. The number of urea groups is 1. The lowest BCUT2D eigenvalue weighted by molar-refractivity contribution is 0.0405. The smallest absolute Gasteiger partial charge is 0.320 e. The van der Waals surface area contributed by atoms with Crippen molar-refractivity contribution in [3.63, 3.8) is 0 Å². The van der Waals surface area contributed by atoms with Crippen molar-refractivity contribution in [2.24, 2.45) is 0 Å². The van der Waals surface area contributed by atoms with Crippen LogP contribution >= 0.6 is 0 Å². The van der Waals surface area contributed by atoms with Gasteiger partial charge in [-0.25, -0.2) is 13.2 Å². The number of rotatable bonds is 3. The van der Waals surface area contributed by atoms with Crippen LogP contribution in [0.2, 0.25) is 0 Å². The largest absolute Gasteiger partial charge is 0.378 e. The van der Waals surface area contributed by atoms with Gasteiger partial charge < -0.3 is 14.5 Å². The highest BCUT2D eigenvalue weighted by molar-refractivity contribution is 7.89. The van der Waals surface area contributed by atoms with Crippen molar-refractivity contribution in [3.8, 4) is 0 Å². The first-order chi connectivity index (χ1) is 12.0. The third-order valence-corrected chi connectivity index (χ3v) is 6.67. The van der Waals surface area contributed by atoms with Crippen LogP contribution in [-0.4, -0.2) is 81.0 Å². The molecule has 0 saturated carbocycles. The molecule has 2 fully saturated rings. The van der Waals surface area contributed by atoms with E-state index < -0.39 is 10.0 Å². The molecule has 1 aromatic carbocycles. The maximum Gasteiger partial charge on any atom is 0.320 e. The molecule has 3 rings (SSSR count). The average Bonchev–Trinajstić information content (AvgIpc) is 2.68. The number of nitrogens with zero attached hydrogens (tertiary/aromatic N) is 3. The molecule has 0 aliphatic carbocycles. The van der Waals surface area contributed by atoms with Gasteiger partial charge in [0, 0.05) is 39.3 Å². The number of ether oxygens (including phenoxy) is 1. The van der Waals surface area contributed by atoms with Crippen molar-refractivity contribution in [2.45, 2.75) is 18.2 Å². The fourth-order valence-corrected chi connectivity index (χ4v) is 4.54. The number of morpholine rings is 1. The fraction of sp³-hybridized carbons (Fsp3) is 0.588. The predicted octanol–water partition coefficient (Wildman–Crippen LogP) is 1.01. The molecular formula is C17H25N3O4S. The summed E-state index contributed by atoms with van der Waals surface area (Å²) in [5, 5.41) is 0. The highest BCUT2D eigenvalue weighted by atomic mass is 32.2. The van der Waals surface area contributed by atoms with E-state index in [1.54, 1.807) is 21.9 Å². The molecule has 25 heavy (non-hydrogen) atoms. The van der Waals surface area contributed by atoms with Crippen LogP contribution in [0, 0.1) is 0 Å². The van der Waals surface area contributed by atoms with Gasteiger partial charge in [0.25, 0.3) is 0 Å². The topological polar surface area (TPSA) is 70.2 Å². The third kappa shape index (κ3) is 3.96. The number of carbonyl (C=O) groups excluding carboxylic acids is 1. The molecule has 2 amide bonds. The van der Waals surface area contributed by atoms with Crippen LogP contribution in [0.3, 0.4) is 0 Å². The molecule has 0 spiro atoms. The van der Waals surface area contributed by atoms with Gasteiger partial charge in [-0.3, -0.25) is 0 Å². The van der Waals surface area contributed by atoms with Crippen molar-refractivity contribution in [1.82, 2.24) is 14.1 Å². The first kappa shape index (κ1) is 18.2. The van der Waals surface area contributed by atoms with Crippen molar-refractivity contribution in [3.05, 3.63) is 29.8 Å². The zero-order valence-electron chi connectivity index (χ0n) is 14.6. The number of aryl methyl sites for hydroxylation is 1. The van der Waals surface area contributed by atoms with Gasteiger partial charge in [0.05, 0.1) is 18.1 Å². The van der Waals surface area contributed by atoms with Gasteiger partial charge in [0.15, 0.2) is 0 Å². The number of hydrogen-bond acceptors (Lipinski definition) is 4. The molecule has 0 unspecified atom stereocenters. The Balaban J connectivity index is 1.61. The lowest BCUT2D eigenvalue weighted by atomic mass is 10.2. The van der Waals surface area contributed by atoms with E-state index in [1.807, 2.05) is 19.1 Å². The van der Waals surface area contributed by atoms with E-state index >= 15 is 0 Å². The molecule has 2 aliphatic heterocycles. The number of amides is 2. The van der Waals surface area contributed by atoms with E-state index in [-0.39, 0.29) is 6.03 Å². The van der Waals surface area contributed by atoms with E-state index in [0.29, 0.717) is 57.4 Å². The van der Waals surface area contributed by atoms with Crippen LogP contribution in [0.5, 0.6) is 0 Å². The zero-order chi connectivity index (χ0) is 17.9. The van der Waals surface area contributed by atoms with Crippen LogP contribution < -0.4 is 0 Å². The van der Waals surface area contributed by atoms with Crippen LogP contribution in [0.25, 0.3) is 0 Å². The van der Waals surface area contributed by atoms with E-state index in [2.05, 4.69) is 0 Å². The molecule has 8 heteroatoms. The second-order valence-corrected chi connectivity index (χ2v) is 8.21. The number of carbonyl (C=O) groups is 1. The lowest BCUT2D eigenvalue weighted by Crippen LogP contribution is -2.55. The van der Waals surface area contributed by atoms with E-state index in [1.165, 1.54) is 4.31 Å². The summed E-state index contributed by atoms with van der Waals surface area (Å²) < 4.78 is 32.3. The Morgan fingerprint density at radius 3 is 2.08 bits per heavy atom. The lowest BCUT2D eigenvalue weighted by Gasteiger charge is -2.38. The molecule has 0 radical (unpaired) electrons. The minimum absolute atomic E-state index is 0.0207. The van der Waals surface area contributed by atoms with Crippen LogP contribution in [0.15, 0.2) is 29.2 Å². The number of benzene rings is 1. The summed E-state index contributed by atoms with van der Waals surface area (Å²) in [6.45, 7) is 5.85. The molecule has 2 heterocycles. The molecule has 2 saturated heterocycles. The van der Waals surface area contributed by atoms with Gasteiger partial charge in [-0.2, -0.15) is 4.31 Å². The Hall–Kier alpha value is -1.64. The van der Waals surface area contributed by atoms with E-state index in [9.17, 15) is 13.2 Å². The minimum atomic E-state index is -3.50. The number of hydrogen-bond donors (Lipinski definition) is 0. The standard InChI is InChI=1S/C17H25N3O4S/c1-2-15-3-5-16(6-4-15)25(22,23)20-9-7-18(8-10-20)17(21)19-11-13-24-14-12-19/h3-6H,2,7-14H2,1H3. The van der Waals surface area contributed by atoms with Crippen molar-refractivity contribution in [1.29, 1.82) is 0 Å². The summed E-state index contributed by atoms with van der Waals surface area (Å²) in [4.78, 5) is 16.3. The molecular weight excluding hydrogens is 342 g/mol. The molecule has 7 nitrogen and oxygen atoms in total. The van der Waals surface area contributed by atoms with Gasteiger partial charge in [-0.15, -0.1) is 0 Å². The van der Waals surface area contributed by atoms with Crippen LogP contribution in [0.4, 0.5) is 4.79 Å². The van der Waals surface area contributed by atoms with Crippen molar-refractivity contribution in [2.75, 3.05) is 52.5 Å². The van der Waals surface area contributed by atoms with Crippen LogP contribution in [0.1, 0.15) is 12.5 Å². The average molecular weight is 367 g/mol. The molecule has 2 aliphatic rings. The Bertz CT molecular complexity index is 691. The Labute approximate surface area is 149 Å². The van der Waals surface area contributed by atoms with Crippen molar-refractivity contribution >= 4 is 16.1 Å². The van der Waals surface area contributed by atoms with E-state index in [0.717, 1.165) is 12.0 Å². The van der Waals surface area contributed by atoms with Gasteiger partial charge in [-0.1, -0.05) is 19.1 Å². The fourth-order valence-electron chi connectivity index (χ4n) is 3.12. The Kier molecular flexibility index (Phi) is 5.61. The summed E-state index contributed by atoms with van der Waals surface area (Å²) in [7, 11) is -3.50. The van der Waals surface area contributed by atoms with Gasteiger partial charge in [0.1, 0.15) is 0 Å². The highest BCUT2D eigenvalue weighted by Gasteiger charge is 2.32. The van der Waals surface area contributed by atoms with E-state index in [4.69, 9.17) is 4.74 Å². The molecule has 1 aromatic rings. The van der Waals surface area contributed by atoms with Crippen molar-refractivity contribution < 1.29 is 17.9 Å². The summed E-state index contributed by atoms with van der Waals surface area (Å²) >= 11 is 0. The molecule has 0 bridgehead atoms. The summed E-state index contributed by atoms with van der Waals surface area (Å²) in [5.41, 5.74) is 1.11. The van der Waals surface area contributed by atoms with Crippen LogP contribution in [-0.2, 0) is 21.2 Å². The quantitative estimate of drug-likeness (QED) is 0.799. The third-order valence-electron chi connectivity index (χ3n) is 4.76. The molecule has 0 atom stereocenters. The maximum atomic E-state index is 12.8. The highest BCUT2D eigenvalue weighted by Crippen LogP contribution is 2.19. The predicted molar refractivity (Wildman–Crippen MR) is 93.9 cm³/mol. The SMILES string of the molecule is CCc1ccc(S(=O)(=O)N2CCN(C(=O)N3CCOCC3)CC2)cc1. The minimum Gasteiger partial charge on any atom is -0.378 e. The first-order valence-corrected chi connectivity index (χ1v) is 10.2. The Morgan fingerprint density at radius 2 is 1.52 bits per heavy atom. The van der Waals surface area contributed by atoms with Gasteiger partial charge in [-0.05, 0) is 24.1 Å². The number of sulfonamides is 1. The zero-order valence-corrected chi connectivity index (χ0v) is 15.4. The number of piperazine rings is 1. The molecule has 138 valence electrons. The summed E-state index contributed by atoms with van der Waals surface area (Å²) in [6.07, 6.45) is 0.878. The second-order valence-electron chi connectivity index (χ2n) is 6.27. The van der Waals surface area contributed by atoms with Gasteiger partial charge in [0.2, 0.25) is 10.0 Å². The summed E-state index contributed by atoms with van der Waals surface area (Å²) in [6, 6.07) is 7.02. The first-order valence-electron chi connectivity index (χ1n) is 8.73. The maximum absolute atomic E-state index is 12.8. The normalized spacial score (nSPS) is 19.9. The Morgan fingerprint density at radius 1 is 0.960 bits per heavy atom.